The van der Waals surface area contributed by atoms with Crippen LogP contribution in [0.2, 0.25) is 0 Å². The SMILES string of the molecule is c1ccc(-c2nc(-c3ccc(-c4cccc5oc6cc7ccccc7cc6c45)c4ccccc34)nc(-c3cc4ccccc4c4ccccc34)n2)cc1. The Labute approximate surface area is 304 Å². The normalized spacial score (nSPS) is 11.8. The summed E-state index contributed by atoms with van der Waals surface area (Å²) in [6, 6.07) is 61.6. The van der Waals surface area contributed by atoms with Gasteiger partial charge in [-0.2, -0.15) is 0 Å². The zero-order valence-corrected chi connectivity index (χ0v) is 28.5. The maximum absolute atomic E-state index is 6.47. The lowest BCUT2D eigenvalue weighted by Crippen LogP contribution is -2.01. The predicted molar refractivity (Wildman–Crippen MR) is 219 cm³/mol. The van der Waals surface area contributed by atoms with Crippen molar-refractivity contribution in [1.82, 2.24) is 15.0 Å². The van der Waals surface area contributed by atoms with E-state index in [1.807, 2.05) is 18.2 Å². The zero-order valence-electron chi connectivity index (χ0n) is 28.5. The maximum atomic E-state index is 6.47. The van der Waals surface area contributed by atoms with E-state index in [1.165, 1.54) is 21.5 Å². The van der Waals surface area contributed by atoms with Gasteiger partial charge >= 0.3 is 0 Å². The summed E-state index contributed by atoms with van der Waals surface area (Å²) >= 11 is 0. The van der Waals surface area contributed by atoms with Crippen molar-refractivity contribution < 1.29 is 4.42 Å². The molecule has 11 aromatic rings. The Morgan fingerprint density at radius 3 is 1.64 bits per heavy atom. The van der Waals surface area contributed by atoms with Gasteiger partial charge in [-0.25, -0.2) is 15.0 Å². The van der Waals surface area contributed by atoms with E-state index in [9.17, 15) is 0 Å². The molecule has 0 fully saturated rings. The second kappa shape index (κ2) is 11.7. The van der Waals surface area contributed by atoms with Gasteiger partial charge in [0.2, 0.25) is 0 Å². The van der Waals surface area contributed by atoms with Crippen molar-refractivity contribution in [3.8, 4) is 45.3 Å². The molecule has 0 saturated carbocycles. The van der Waals surface area contributed by atoms with Gasteiger partial charge in [-0.3, -0.25) is 0 Å². The van der Waals surface area contributed by atoms with Crippen molar-refractivity contribution in [2.75, 3.05) is 0 Å². The average molecular weight is 676 g/mol. The maximum Gasteiger partial charge on any atom is 0.164 e. The summed E-state index contributed by atoms with van der Waals surface area (Å²) in [6.07, 6.45) is 0. The molecular weight excluding hydrogens is 647 g/mol. The second-order valence-electron chi connectivity index (χ2n) is 13.5. The average Bonchev–Trinajstić information content (AvgIpc) is 3.60. The number of nitrogens with zero attached hydrogens (tertiary/aromatic N) is 3. The predicted octanol–water partition coefficient (Wildman–Crippen LogP) is 13.1. The van der Waals surface area contributed by atoms with Crippen LogP contribution in [0.25, 0.3) is 110 Å². The first-order valence-electron chi connectivity index (χ1n) is 17.9. The molecule has 0 spiro atoms. The minimum atomic E-state index is 0.632. The number of benzene rings is 9. The molecule has 9 aromatic carbocycles. The topological polar surface area (TPSA) is 51.8 Å². The third-order valence-corrected chi connectivity index (χ3v) is 10.5. The van der Waals surface area contributed by atoms with Crippen molar-refractivity contribution in [1.29, 1.82) is 0 Å². The Morgan fingerprint density at radius 1 is 0.302 bits per heavy atom. The highest BCUT2D eigenvalue weighted by atomic mass is 16.3. The Morgan fingerprint density at radius 2 is 0.868 bits per heavy atom. The molecule has 0 amide bonds. The van der Waals surface area contributed by atoms with Crippen LogP contribution in [-0.2, 0) is 0 Å². The van der Waals surface area contributed by atoms with Crippen LogP contribution in [0.5, 0.6) is 0 Å². The van der Waals surface area contributed by atoms with Crippen molar-refractivity contribution in [3.05, 3.63) is 176 Å². The molecular formula is C49H29N3O. The first-order chi connectivity index (χ1) is 26.3. The van der Waals surface area contributed by atoms with Crippen LogP contribution in [0.15, 0.2) is 180 Å². The monoisotopic (exact) mass is 675 g/mol. The molecule has 0 radical (unpaired) electrons. The standard InChI is InChI=1S/C49H29N3O/c1-2-13-30(14-3-1)47-50-48(52-49(51-47)42-28-33-17-6-7-18-34(33)35-19-8-11-22-38(35)42)41-26-25-39(36-20-9-10-21-37(36)41)40-23-12-24-44-46(40)43-27-31-15-4-5-16-32(31)29-45(43)53-44/h1-29H. The molecule has 0 bridgehead atoms. The Hall–Kier alpha value is -7.17. The summed E-state index contributed by atoms with van der Waals surface area (Å²) in [5, 5.41) is 11.4. The first kappa shape index (κ1) is 29.5. The molecule has 2 heterocycles. The van der Waals surface area contributed by atoms with Gasteiger partial charge in [-0.15, -0.1) is 0 Å². The van der Waals surface area contributed by atoms with Gasteiger partial charge in [0.05, 0.1) is 0 Å². The van der Waals surface area contributed by atoms with Gasteiger partial charge < -0.3 is 4.42 Å². The van der Waals surface area contributed by atoms with Crippen LogP contribution in [0.1, 0.15) is 0 Å². The third kappa shape index (κ3) is 4.73. The quantitative estimate of drug-likeness (QED) is 0.174. The van der Waals surface area contributed by atoms with E-state index in [1.54, 1.807) is 0 Å². The van der Waals surface area contributed by atoms with Crippen LogP contribution in [0.4, 0.5) is 0 Å². The van der Waals surface area contributed by atoms with Crippen LogP contribution in [0.3, 0.4) is 0 Å². The molecule has 11 rings (SSSR count). The van der Waals surface area contributed by atoms with Crippen molar-refractivity contribution in [2.45, 2.75) is 0 Å². The highest BCUT2D eigenvalue weighted by Crippen LogP contribution is 2.43. The first-order valence-corrected chi connectivity index (χ1v) is 17.9. The van der Waals surface area contributed by atoms with Gasteiger partial charge in [0.1, 0.15) is 11.2 Å². The fraction of sp³-hybridized carbons (Fsp3) is 0. The van der Waals surface area contributed by atoms with Gasteiger partial charge in [0.25, 0.3) is 0 Å². The molecule has 0 unspecified atom stereocenters. The Bertz CT molecular complexity index is 3240. The van der Waals surface area contributed by atoms with Crippen molar-refractivity contribution in [3.63, 3.8) is 0 Å². The molecule has 0 saturated heterocycles. The molecule has 0 N–H and O–H groups in total. The Balaban J connectivity index is 1.16. The lowest BCUT2D eigenvalue weighted by atomic mass is 9.92. The molecule has 246 valence electrons. The summed E-state index contributed by atoms with van der Waals surface area (Å²) in [5.74, 6) is 1.91. The fourth-order valence-electron chi connectivity index (χ4n) is 8.04. The minimum absolute atomic E-state index is 0.632. The highest BCUT2D eigenvalue weighted by molar-refractivity contribution is 6.18. The van der Waals surface area contributed by atoms with Gasteiger partial charge in [0.15, 0.2) is 17.5 Å². The van der Waals surface area contributed by atoms with E-state index in [4.69, 9.17) is 19.4 Å². The summed E-state index contributed by atoms with van der Waals surface area (Å²) in [4.78, 5) is 15.6. The molecule has 0 aliphatic carbocycles. The van der Waals surface area contributed by atoms with E-state index < -0.39 is 0 Å². The smallest absolute Gasteiger partial charge is 0.164 e. The molecule has 4 nitrogen and oxygen atoms in total. The fourth-order valence-corrected chi connectivity index (χ4v) is 8.04. The summed E-state index contributed by atoms with van der Waals surface area (Å²) in [5.41, 5.74) is 6.89. The van der Waals surface area contributed by atoms with Crippen LogP contribution in [-0.4, -0.2) is 15.0 Å². The highest BCUT2D eigenvalue weighted by Gasteiger charge is 2.20. The van der Waals surface area contributed by atoms with Crippen molar-refractivity contribution in [2.24, 2.45) is 0 Å². The van der Waals surface area contributed by atoms with Crippen LogP contribution >= 0.6 is 0 Å². The van der Waals surface area contributed by atoms with Crippen molar-refractivity contribution >= 4 is 65.0 Å². The lowest BCUT2D eigenvalue weighted by Gasteiger charge is -2.15. The van der Waals surface area contributed by atoms with E-state index in [0.717, 1.165) is 71.3 Å². The van der Waals surface area contributed by atoms with E-state index in [2.05, 4.69) is 158 Å². The van der Waals surface area contributed by atoms with Crippen LogP contribution in [0, 0.1) is 0 Å². The number of hydrogen-bond donors (Lipinski definition) is 0. The molecule has 0 aliphatic heterocycles. The van der Waals surface area contributed by atoms with E-state index in [-0.39, 0.29) is 0 Å². The lowest BCUT2D eigenvalue weighted by molar-refractivity contribution is 0.669. The summed E-state index contributed by atoms with van der Waals surface area (Å²) in [6.45, 7) is 0. The number of aromatic nitrogens is 3. The number of furan rings is 1. The molecule has 0 aliphatic rings. The molecule has 4 heteroatoms. The number of hydrogen-bond acceptors (Lipinski definition) is 4. The van der Waals surface area contributed by atoms with Gasteiger partial charge in [-0.1, -0.05) is 146 Å². The van der Waals surface area contributed by atoms with Gasteiger partial charge in [0, 0.05) is 27.5 Å². The van der Waals surface area contributed by atoms with Gasteiger partial charge in [-0.05, 0) is 84.5 Å². The second-order valence-corrected chi connectivity index (χ2v) is 13.5. The minimum Gasteiger partial charge on any atom is -0.456 e. The van der Waals surface area contributed by atoms with E-state index >= 15 is 0 Å². The van der Waals surface area contributed by atoms with Crippen LogP contribution < -0.4 is 0 Å². The molecule has 0 atom stereocenters. The van der Waals surface area contributed by atoms with E-state index in [0.29, 0.717) is 17.5 Å². The zero-order chi connectivity index (χ0) is 34.9. The third-order valence-electron chi connectivity index (χ3n) is 10.5. The Kier molecular flexibility index (Phi) is 6.52. The summed E-state index contributed by atoms with van der Waals surface area (Å²) < 4.78 is 6.47. The molecule has 53 heavy (non-hydrogen) atoms. The molecule has 2 aromatic heterocycles. The largest absolute Gasteiger partial charge is 0.456 e. The summed E-state index contributed by atoms with van der Waals surface area (Å²) in [7, 11) is 0. The number of rotatable bonds is 4. The number of fused-ring (bicyclic) bond motifs is 8.